The summed E-state index contributed by atoms with van der Waals surface area (Å²) >= 11 is 1.59. The molecule has 1 aromatic rings. The molecule has 0 aliphatic heterocycles. The number of thiophene rings is 1. The van der Waals surface area contributed by atoms with Crippen molar-refractivity contribution < 1.29 is 14.7 Å². The van der Waals surface area contributed by atoms with E-state index in [2.05, 4.69) is 0 Å². The Kier molecular flexibility index (Phi) is 5.54. The SMILES string of the molecule is CCC(CC)(CC(=O)N(C)Cc1cccs1)C(=O)O. The molecule has 5 heteroatoms. The molecular weight excluding hydrogens is 262 g/mol. The van der Waals surface area contributed by atoms with Crippen LogP contribution in [-0.2, 0) is 16.1 Å². The van der Waals surface area contributed by atoms with Crippen molar-refractivity contribution in [1.82, 2.24) is 4.90 Å². The molecule has 1 N–H and O–H groups in total. The zero-order chi connectivity index (χ0) is 14.5. The van der Waals surface area contributed by atoms with Gasteiger partial charge in [0.05, 0.1) is 12.0 Å². The number of carboxylic acids is 1. The van der Waals surface area contributed by atoms with Gasteiger partial charge in [-0.2, -0.15) is 0 Å². The zero-order valence-corrected chi connectivity index (χ0v) is 12.5. The summed E-state index contributed by atoms with van der Waals surface area (Å²) in [7, 11) is 1.72. The molecule has 0 spiro atoms. The van der Waals surface area contributed by atoms with E-state index in [1.807, 2.05) is 31.4 Å². The first-order chi connectivity index (χ1) is 8.95. The highest BCUT2D eigenvalue weighted by Gasteiger charge is 2.37. The van der Waals surface area contributed by atoms with Gasteiger partial charge in [-0.3, -0.25) is 9.59 Å². The Bertz CT molecular complexity index is 424. The molecule has 0 fully saturated rings. The third-order valence-electron chi connectivity index (χ3n) is 3.70. The standard InChI is InChI=1S/C14H21NO3S/c1-4-14(5-2,13(17)18)9-12(16)15(3)10-11-7-6-8-19-11/h6-8H,4-5,9-10H2,1-3H3,(H,17,18). The molecule has 0 aliphatic carbocycles. The first kappa shape index (κ1) is 15.7. The maximum atomic E-state index is 12.2. The molecular formula is C14H21NO3S. The number of hydrogen-bond acceptors (Lipinski definition) is 3. The van der Waals surface area contributed by atoms with Crippen molar-refractivity contribution in [2.75, 3.05) is 7.05 Å². The first-order valence-corrected chi connectivity index (χ1v) is 7.33. The average Bonchev–Trinajstić information content (AvgIpc) is 2.88. The molecule has 1 amide bonds. The number of carboxylic acid groups (broad SMARTS) is 1. The quantitative estimate of drug-likeness (QED) is 0.837. The van der Waals surface area contributed by atoms with Crippen LogP contribution in [-0.4, -0.2) is 28.9 Å². The van der Waals surface area contributed by atoms with Gasteiger partial charge >= 0.3 is 5.97 Å². The molecule has 0 bridgehead atoms. The van der Waals surface area contributed by atoms with Crippen LogP contribution in [0.15, 0.2) is 17.5 Å². The Morgan fingerprint density at radius 2 is 2.00 bits per heavy atom. The minimum atomic E-state index is -0.930. The van der Waals surface area contributed by atoms with Gasteiger partial charge < -0.3 is 10.0 Å². The van der Waals surface area contributed by atoms with E-state index < -0.39 is 11.4 Å². The summed E-state index contributed by atoms with van der Waals surface area (Å²) < 4.78 is 0. The van der Waals surface area contributed by atoms with E-state index in [0.717, 1.165) is 4.88 Å². The summed E-state index contributed by atoms with van der Waals surface area (Å²) in [6.45, 7) is 4.19. The van der Waals surface area contributed by atoms with Gasteiger partial charge in [-0.15, -0.1) is 11.3 Å². The fourth-order valence-electron chi connectivity index (χ4n) is 2.03. The second kappa shape index (κ2) is 6.70. The predicted molar refractivity (Wildman–Crippen MR) is 76.1 cm³/mol. The van der Waals surface area contributed by atoms with Gasteiger partial charge in [0.15, 0.2) is 0 Å². The second-order valence-corrected chi connectivity index (χ2v) is 5.83. The van der Waals surface area contributed by atoms with E-state index in [9.17, 15) is 14.7 Å². The van der Waals surface area contributed by atoms with E-state index in [1.54, 1.807) is 23.3 Å². The van der Waals surface area contributed by atoms with E-state index in [4.69, 9.17) is 0 Å². The molecule has 106 valence electrons. The van der Waals surface area contributed by atoms with Gasteiger partial charge in [-0.05, 0) is 24.3 Å². The van der Waals surface area contributed by atoms with Crippen molar-refractivity contribution in [3.63, 3.8) is 0 Å². The Morgan fingerprint density at radius 3 is 2.42 bits per heavy atom. The number of nitrogens with zero attached hydrogens (tertiary/aromatic N) is 1. The predicted octanol–water partition coefficient (Wildman–Crippen LogP) is 2.99. The molecule has 0 aliphatic rings. The lowest BCUT2D eigenvalue weighted by molar-refractivity contribution is -0.154. The lowest BCUT2D eigenvalue weighted by Gasteiger charge is -2.28. The smallest absolute Gasteiger partial charge is 0.310 e. The average molecular weight is 283 g/mol. The fourth-order valence-corrected chi connectivity index (χ4v) is 2.78. The number of aliphatic carboxylic acids is 1. The van der Waals surface area contributed by atoms with Crippen LogP contribution in [0.1, 0.15) is 38.0 Å². The van der Waals surface area contributed by atoms with Crippen molar-refractivity contribution in [2.24, 2.45) is 5.41 Å². The van der Waals surface area contributed by atoms with Gasteiger partial charge in [0.2, 0.25) is 5.91 Å². The Morgan fingerprint density at radius 1 is 1.37 bits per heavy atom. The first-order valence-electron chi connectivity index (χ1n) is 6.45. The molecule has 1 rings (SSSR count). The lowest BCUT2D eigenvalue weighted by atomic mass is 9.79. The molecule has 0 unspecified atom stereocenters. The summed E-state index contributed by atoms with van der Waals surface area (Å²) in [4.78, 5) is 26.3. The molecule has 19 heavy (non-hydrogen) atoms. The Balaban J connectivity index is 2.69. The molecule has 0 radical (unpaired) electrons. The molecule has 4 nitrogen and oxygen atoms in total. The van der Waals surface area contributed by atoms with Crippen LogP contribution >= 0.6 is 11.3 Å². The van der Waals surface area contributed by atoms with Crippen molar-refractivity contribution >= 4 is 23.2 Å². The van der Waals surface area contributed by atoms with Gasteiger partial charge in [0, 0.05) is 18.3 Å². The highest BCUT2D eigenvalue weighted by molar-refractivity contribution is 7.09. The van der Waals surface area contributed by atoms with Gasteiger partial charge in [-0.25, -0.2) is 0 Å². The number of amides is 1. The molecule has 0 saturated carbocycles. The topological polar surface area (TPSA) is 57.6 Å². The number of carbonyl (C=O) groups excluding carboxylic acids is 1. The molecule has 0 saturated heterocycles. The summed E-state index contributed by atoms with van der Waals surface area (Å²) in [5.74, 6) is -0.991. The zero-order valence-electron chi connectivity index (χ0n) is 11.7. The molecule has 0 atom stereocenters. The van der Waals surface area contributed by atoms with Crippen molar-refractivity contribution in [1.29, 1.82) is 0 Å². The van der Waals surface area contributed by atoms with Crippen LogP contribution in [0, 0.1) is 5.41 Å². The summed E-state index contributed by atoms with van der Waals surface area (Å²) in [6.07, 6.45) is 1.01. The summed E-state index contributed by atoms with van der Waals surface area (Å²) in [5, 5.41) is 11.3. The maximum absolute atomic E-state index is 12.2. The number of rotatable bonds is 7. The van der Waals surface area contributed by atoms with Gasteiger partial charge in [-0.1, -0.05) is 19.9 Å². The van der Waals surface area contributed by atoms with Crippen molar-refractivity contribution in [3.05, 3.63) is 22.4 Å². The van der Waals surface area contributed by atoms with Crippen LogP contribution in [0.4, 0.5) is 0 Å². The van der Waals surface area contributed by atoms with E-state index in [-0.39, 0.29) is 12.3 Å². The monoisotopic (exact) mass is 283 g/mol. The Hall–Kier alpha value is -1.36. The van der Waals surface area contributed by atoms with Gasteiger partial charge in [0.1, 0.15) is 0 Å². The van der Waals surface area contributed by atoms with Crippen LogP contribution in [0.2, 0.25) is 0 Å². The van der Waals surface area contributed by atoms with Crippen LogP contribution in [0.3, 0.4) is 0 Å². The minimum Gasteiger partial charge on any atom is -0.481 e. The highest BCUT2D eigenvalue weighted by Crippen LogP contribution is 2.31. The third kappa shape index (κ3) is 3.80. The minimum absolute atomic E-state index is 0.0667. The van der Waals surface area contributed by atoms with Crippen LogP contribution in [0.5, 0.6) is 0 Å². The maximum Gasteiger partial charge on any atom is 0.310 e. The summed E-state index contributed by atoms with van der Waals surface area (Å²) in [6, 6.07) is 3.91. The summed E-state index contributed by atoms with van der Waals surface area (Å²) in [5.41, 5.74) is -0.930. The van der Waals surface area contributed by atoms with Crippen LogP contribution in [0.25, 0.3) is 0 Å². The van der Waals surface area contributed by atoms with Crippen molar-refractivity contribution in [3.8, 4) is 0 Å². The van der Waals surface area contributed by atoms with E-state index in [0.29, 0.717) is 19.4 Å². The van der Waals surface area contributed by atoms with Gasteiger partial charge in [0.25, 0.3) is 0 Å². The fraction of sp³-hybridized carbons (Fsp3) is 0.571. The van der Waals surface area contributed by atoms with E-state index in [1.165, 1.54) is 0 Å². The van der Waals surface area contributed by atoms with Crippen molar-refractivity contribution in [2.45, 2.75) is 39.7 Å². The molecule has 1 heterocycles. The highest BCUT2D eigenvalue weighted by atomic mass is 32.1. The third-order valence-corrected chi connectivity index (χ3v) is 4.56. The van der Waals surface area contributed by atoms with E-state index >= 15 is 0 Å². The number of hydrogen-bond donors (Lipinski definition) is 1. The largest absolute Gasteiger partial charge is 0.481 e. The lowest BCUT2D eigenvalue weighted by Crippen LogP contribution is -2.37. The second-order valence-electron chi connectivity index (χ2n) is 4.80. The number of carbonyl (C=O) groups is 2. The Labute approximate surface area is 118 Å². The normalized spacial score (nSPS) is 11.3. The molecule has 0 aromatic carbocycles. The van der Waals surface area contributed by atoms with Crippen LogP contribution < -0.4 is 0 Å². The molecule has 1 aromatic heterocycles.